The van der Waals surface area contributed by atoms with Gasteiger partial charge in [0.2, 0.25) is 0 Å². The molecule has 4 heteroatoms. The van der Waals surface area contributed by atoms with Crippen LogP contribution >= 0.6 is 11.6 Å². The quantitative estimate of drug-likeness (QED) is 0.742. The fourth-order valence-corrected chi connectivity index (χ4v) is 2.24. The van der Waals surface area contributed by atoms with Crippen LogP contribution in [0.5, 0.6) is 0 Å². The maximum Gasteiger partial charge on any atom is 0.140 e. The fraction of sp³-hybridized carbons (Fsp3) is 0.0625. The summed E-state index contributed by atoms with van der Waals surface area (Å²) in [5, 5.41) is 0.727. The lowest BCUT2D eigenvalue weighted by atomic mass is 10.2. The van der Waals surface area contributed by atoms with Gasteiger partial charge in [0.1, 0.15) is 5.82 Å². The number of aromatic nitrogens is 2. The molecule has 0 radical (unpaired) electrons. The molecule has 1 heterocycles. The van der Waals surface area contributed by atoms with E-state index in [1.807, 2.05) is 54.7 Å². The topological polar surface area (TPSA) is 43.8 Å². The number of hydrogen-bond acceptors (Lipinski definition) is 2. The predicted octanol–water partition coefficient (Wildman–Crippen LogP) is 3.83. The minimum Gasteiger partial charge on any atom is -0.399 e. The molecule has 0 aliphatic rings. The molecule has 1 aromatic heterocycles. The van der Waals surface area contributed by atoms with Crippen molar-refractivity contribution in [3.63, 3.8) is 0 Å². The van der Waals surface area contributed by atoms with E-state index in [1.54, 1.807) is 6.20 Å². The van der Waals surface area contributed by atoms with Crippen molar-refractivity contribution in [2.45, 2.75) is 6.54 Å². The molecule has 0 spiro atoms. The summed E-state index contributed by atoms with van der Waals surface area (Å²) in [6.07, 6.45) is 3.78. The van der Waals surface area contributed by atoms with Crippen molar-refractivity contribution in [1.29, 1.82) is 0 Å². The first-order valence-corrected chi connectivity index (χ1v) is 6.72. The maximum absolute atomic E-state index is 5.92. The summed E-state index contributed by atoms with van der Waals surface area (Å²) in [5.41, 5.74) is 8.72. The normalized spacial score (nSPS) is 10.7. The SMILES string of the molecule is Nc1ccc(Cn2ccnc2-c2ccc(Cl)cc2)cc1. The van der Waals surface area contributed by atoms with E-state index in [4.69, 9.17) is 17.3 Å². The summed E-state index contributed by atoms with van der Waals surface area (Å²) in [6, 6.07) is 15.6. The molecular formula is C16H14ClN3. The Morgan fingerprint density at radius 1 is 1.00 bits per heavy atom. The lowest BCUT2D eigenvalue weighted by Crippen LogP contribution is -2.01. The summed E-state index contributed by atoms with van der Waals surface area (Å²) in [5.74, 6) is 0.929. The Morgan fingerprint density at radius 3 is 2.40 bits per heavy atom. The molecule has 0 aliphatic heterocycles. The number of nitrogen functional groups attached to an aromatic ring is 1. The minimum absolute atomic E-state index is 0.727. The van der Waals surface area contributed by atoms with Crippen molar-refractivity contribution in [3.8, 4) is 11.4 Å². The third kappa shape index (κ3) is 2.68. The Kier molecular flexibility index (Phi) is 3.44. The van der Waals surface area contributed by atoms with Crippen molar-refractivity contribution in [3.05, 3.63) is 71.5 Å². The van der Waals surface area contributed by atoms with Gasteiger partial charge in [-0.15, -0.1) is 0 Å². The van der Waals surface area contributed by atoms with Crippen LogP contribution in [0.25, 0.3) is 11.4 Å². The number of nitrogens with zero attached hydrogens (tertiary/aromatic N) is 2. The summed E-state index contributed by atoms with van der Waals surface area (Å²) in [6.45, 7) is 0.762. The van der Waals surface area contributed by atoms with Gasteiger partial charge in [0.25, 0.3) is 0 Å². The third-order valence-corrected chi connectivity index (χ3v) is 3.40. The lowest BCUT2D eigenvalue weighted by Gasteiger charge is -2.08. The number of hydrogen-bond donors (Lipinski definition) is 1. The Labute approximate surface area is 122 Å². The van der Waals surface area contributed by atoms with Crippen LogP contribution in [0.1, 0.15) is 5.56 Å². The molecule has 0 atom stereocenters. The van der Waals surface area contributed by atoms with Crippen LogP contribution in [0.4, 0.5) is 5.69 Å². The van der Waals surface area contributed by atoms with E-state index < -0.39 is 0 Å². The molecular weight excluding hydrogens is 270 g/mol. The Balaban J connectivity index is 1.90. The largest absolute Gasteiger partial charge is 0.399 e. The zero-order valence-corrected chi connectivity index (χ0v) is 11.6. The summed E-state index contributed by atoms with van der Waals surface area (Å²) in [4.78, 5) is 4.43. The molecule has 0 bridgehead atoms. The van der Waals surface area contributed by atoms with Crippen LogP contribution in [0.15, 0.2) is 60.9 Å². The molecule has 0 saturated heterocycles. The van der Waals surface area contributed by atoms with Crippen LogP contribution in [-0.4, -0.2) is 9.55 Å². The second-order valence-corrected chi connectivity index (χ2v) is 5.06. The molecule has 0 amide bonds. The molecule has 0 fully saturated rings. The molecule has 20 heavy (non-hydrogen) atoms. The predicted molar refractivity (Wildman–Crippen MR) is 82.6 cm³/mol. The van der Waals surface area contributed by atoms with E-state index in [0.29, 0.717) is 0 Å². The molecule has 0 unspecified atom stereocenters. The number of benzene rings is 2. The van der Waals surface area contributed by atoms with Gasteiger partial charge < -0.3 is 10.3 Å². The summed E-state index contributed by atoms with van der Waals surface area (Å²) >= 11 is 5.92. The lowest BCUT2D eigenvalue weighted by molar-refractivity contribution is 0.807. The highest BCUT2D eigenvalue weighted by molar-refractivity contribution is 6.30. The first-order valence-electron chi connectivity index (χ1n) is 6.34. The van der Waals surface area contributed by atoms with Gasteiger partial charge >= 0.3 is 0 Å². The highest BCUT2D eigenvalue weighted by atomic mass is 35.5. The van der Waals surface area contributed by atoms with Crippen molar-refractivity contribution >= 4 is 17.3 Å². The average Bonchev–Trinajstić information content (AvgIpc) is 2.90. The fourth-order valence-electron chi connectivity index (χ4n) is 2.12. The number of imidazole rings is 1. The highest BCUT2D eigenvalue weighted by Gasteiger charge is 2.06. The monoisotopic (exact) mass is 283 g/mol. The van der Waals surface area contributed by atoms with Gasteiger partial charge in [0.05, 0.1) is 0 Å². The maximum atomic E-state index is 5.92. The van der Waals surface area contributed by atoms with Crippen LogP contribution in [0, 0.1) is 0 Å². The first kappa shape index (κ1) is 12.8. The molecule has 3 rings (SSSR count). The number of nitrogens with two attached hydrogens (primary N) is 1. The zero-order valence-electron chi connectivity index (χ0n) is 10.8. The molecule has 2 N–H and O–H groups in total. The third-order valence-electron chi connectivity index (χ3n) is 3.15. The summed E-state index contributed by atoms with van der Waals surface area (Å²) in [7, 11) is 0. The smallest absolute Gasteiger partial charge is 0.140 e. The van der Waals surface area contributed by atoms with Gasteiger partial charge in [-0.3, -0.25) is 0 Å². The Bertz CT molecular complexity index is 699. The molecule has 2 aromatic carbocycles. The minimum atomic E-state index is 0.727. The second kappa shape index (κ2) is 5.39. The highest BCUT2D eigenvalue weighted by Crippen LogP contribution is 2.21. The van der Waals surface area contributed by atoms with E-state index in [1.165, 1.54) is 5.56 Å². The zero-order chi connectivity index (χ0) is 13.9. The standard InChI is InChI=1S/C16H14ClN3/c17-14-5-3-13(4-6-14)16-19-9-10-20(16)11-12-1-7-15(18)8-2-12/h1-10H,11,18H2. The molecule has 0 aliphatic carbocycles. The van der Waals surface area contributed by atoms with Crippen molar-refractivity contribution in [2.75, 3.05) is 5.73 Å². The van der Waals surface area contributed by atoms with Crippen LogP contribution in [0.2, 0.25) is 5.02 Å². The van der Waals surface area contributed by atoms with Gasteiger partial charge in [0.15, 0.2) is 0 Å². The average molecular weight is 284 g/mol. The van der Waals surface area contributed by atoms with E-state index in [-0.39, 0.29) is 0 Å². The molecule has 100 valence electrons. The van der Waals surface area contributed by atoms with Gasteiger partial charge in [-0.2, -0.15) is 0 Å². The van der Waals surface area contributed by atoms with Gasteiger partial charge in [0, 0.05) is 35.2 Å². The van der Waals surface area contributed by atoms with Crippen LogP contribution < -0.4 is 5.73 Å². The molecule has 0 saturated carbocycles. The number of halogens is 1. The molecule has 3 aromatic rings. The van der Waals surface area contributed by atoms with Crippen LogP contribution in [-0.2, 0) is 6.54 Å². The van der Waals surface area contributed by atoms with Gasteiger partial charge in [-0.25, -0.2) is 4.98 Å². The Morgan fingerprint density at radius 2 is 1.70 bits per heavy atom. The van der Waals surface area contributed by atoms with Crippen molar-refractivity contribution in [1.82, 2.24) is 9.55 Å². The van der Waals surface area contributed by atoms with E-state index >= 15 is 0 Å². The van der Waals surface area contributed by atoms with Crippen molar-refractivity contribution in [2.24, 2.45) is 0 Å². The van der Waals surface area contributed by atoms with Crippen LogP contribution in [0.3, 0.4) is 0 Å². The van der Waals surface area contributed by atoms with E-state index in [0.717, 1.165) is 28.6 Å². The van der Waals surface area contributed by atoms with E-state index in [9.17, 15) is 0 Å². The number of anilines is 1. The first-order chi connectivity index (χ1) is 9.72. The van der Waals surface area contributed by atoms with Gasteiger partial charge in [-0.05, 0) is 42.0 Å². The van der Waals surface area contributed by atoms with Gasteiger partial charge in [-0.1, -0.05) is 23.7 Å². The molecule has 3 nitrogen and oxygen atoms in total. The van der Waals surface area contributed by atoms with Crippen molar-refractivity contribution < 1.29 is 0 Å². The Hall–Kier alpha value is -2.26. The number of rotatable bonds is 3. The van der Waals surface area contributed by atoms with E-state index in [2.05, 4.69) is 9.55 Å². The summed E-state index contributed by atoms with van der Waals surface area (Å²) < 4.78 is 2.11. The second-order valence-electron chi connectivity index (χ2n) is 4.63.